The molecule has 0 aliphatic rings. The van der Waals surface area contributed by atoms with E-state index in [2.05, 4.69) is 27.7 Å². The molecule has 11 heavy (non-hydrogen) atoms. The summed E-state index contributed by atoms with van der Waals surface area (Å²) in [5.74, 6) is 0. The Bertz CT molecular complexity index is 20.1. The van der Waals surface area contributed by atoms with E-state index in [0.717, 1.165) is 12.8 Å². The maximum Gasteiger partial charge on any atom is 4.00 e. The zero-order chi connectivity index (χ0) is 6.83. The number of halogens is 2. The monoisotopic (exact) mass is 467 g/mol. The molecule has 0 saturated carbocycles. The molecule has 0 fully saturated rings. The number of unbranched alkanes of at least 4 members (excludes halogenated alkanes) is 2. The summed E-state index contributed by atoms with van der Waals surface area (Å²) >= 11 is 0. The van der Waals surface area contributed by atoms with Crippen molar-refractivity contribution < 1.29 is 55.0 Å². The van der Waals surface area contributed by atoms with Gasteiger partial charge < -0.3 is 47.8 Å². The maximum absolute atomic E-state index is 3.60. The van der Waals surface area contributed by atoms with Gasteiger partial charge in [-0.2, -0.15) is 12.8 Å². The van der Waals surface area contributed by atoms with Crippen LogP contribution in [0.4, 0.5) is 0 Å². The molecule has 0 aromatic heterocycles. The van der Waals surface area contributed by atoms with Gasteiger partial charge in [0.25, 0.3) is 0 Å². The Balaban J connectivity index is -0.0000000171. The predicted octanol–water partition coefficient (Wildman–Crippen LogP) is -2.75. The molecular weight excluding hydrogens is 451 g/mol. The van der Waals surface area contributed by atoms with Gasteiger partial charge in [-0.05, 0) is 0 Å². The molecule has 0 atom stereocenters. The molecule has 0 bridgehead atoms. The Kier molecular flexibility index (Phi) is 110. The average Bonchev–Trinajstić information content (AvgIpc) is 1.88. The number of hydrogen-bond acceptors (Lipinski definition) is 0. The molecule has 0 unspecified atom stereocenters. The average molecular weight is 469 g/mol. The van der Waals surface area contributed by atoms with Gasteiger partial charge in [0.15, 0.2) is 0 Å². The van der Waals surface area contributed by atoms with Crippen molar-refractivity contribution in [1.82, 2.24) is 0 Å². The molecule has 3 heteroatoms. The molecule has 0 nitrogen and oxygen atoms in total. The molecule has 0 amide bonds. The van der Waals surface area contributed by atoms with Gasteiger partial charge in [0, 0.05) is 0 Å². The summed E-state index contributed by atoms with van der Waals surface area (Å²) in [6.07, 6.45) is 4.56. The Morgan fingerprint density at radius 1 is 0.818 bits per heavy atom. The van der Waals surface area contributed by atoms with Crippen LogP contribution in [0.25, 0.3) is 0 Å². The molecule has 0 heterocycles. The fourth-order valence-corrected chi connectivity index (χ4v) is 0. The third-order valence-electron chi connectivity index (χ3n) is 0.707. The summed E-state index contributed by atoms with van der Waals surface area (Å²) in [6, 6.07) is 0. The molecule has 0 aromatic rings. The van der Waals surface area contributed by atoms with Gasteiger partial charge in [0.05, 0.1) is 0 Å². The van der Waals surface area contributed by atoms with Crippen molar-refractivity contribution in [2.75, 3.05) is 0 Å². The minimum absolute atomic E-state index is 0. The van der Waals surface area contributed by atoms with E-state index in [0.29, 0.717) is 0 Å². The first-order valence-corrected chi connectivity index (χ1v) is 3.41. The van der Waals surface area contributed by atoms with Crippen LogP contribution in [0, 0.1) is 13.8 Å². The van der Waals surface area contributed by atoms with Crippen LogP contribution >= 0.6 is 0 Å². The normalized spacial score (nSPS) is 5.45. The van der Waals surface area contributed by atoms with Crippen LogP contribution in [-0.4, -0.2) is 0 Å². The number of hydrogen-bond donors (Lipinski definition) is 0. The summed E-state index contributed by atoms with van der Waals surface area (Å²) in [6.45, 7) is 11.4. The van der Waals surface area contributed by atoms with Gasteiger partial charge in [-0.1, -0.05) is 26.7 Å². The fraction of sp³-hybridized carbons (Fsp3) is 0.750. The molecule has 0 aliphatic heterocycles. The van der Waals surface area contributed by atoms with Gasteiger partial charge in [0.2, 0.25) is 0 Å². The van der Waals surface area contributed by atoms with Crippen LogP contribution in [0.2, 0.25) is 0 Å². The van der Waals surface area contributed by atoms with E-state index in [4.69, 9.17) is 0 Å². The first-order chi connectivity index (χ1) is 3.83. The van der Waals surface area contributed by atoms with Crippen LogP contribution in [0.15, 0.2) is 0 Å². The smallest absolute Gasteiger partial charge is 1.00 e. The second kappa shape index (κ2) is 41.4. The second-order valence-corrected chi connectivity index (χ2v) is 1.71. The van der Waals surface area contributed by atoms with Crippen molar-refractivity contribution in [2.24, 2.45) is 0 Å². The van der Waals surface area contributed by atoms with E-state index in [1.807, 2.05) is 0 Å². The molecule has 0 aromatic carbocycles. The second-order valence-electron chi connectivity index (χ2n) is 1.71. The largest absolute Gasteiger partial charge is 4.00 e. The molecule has 0 saturated heterocycles. The van der Waals surface area contributed by atoms with Crippen molar-refractivity contribution in [1.29, 1.82) is 0 Å². The topological polar surface area (TPSA) is 0 Å². The molecule has 0 N–H and O–H groups in total. The number of rotatable bonds is 2. The van der Waals surface area contributed by atoms with E-state index in [1.54, 1.807) is 0 Å². The van der Waals surface area contributed by atoms with Crippen molar-refractivity contribution >= 4 is 0 Å². The summed E-state index contributed by atoms with van der Waals surface area (Å²) in [7, 11) is 0. The summed E-state index contributed by atoms with van der Waals surface area (Å²) in [5, 5.41) is 0. The Hall–Kier alpha value is 1.65. The van der Waals surface area contributed by atoms with Crippen LogP contribution in [-0.2, 0) is 21.1 Å². The van der Waals surface area contributed by atoms with Crippen LogP contribution in [0.3, 0.4) is 0 Å². The van der Waals surface area contributed by atoms with Crippen LogP contribution in [0.5, 0.6) is 0 Å². The third-order valence-corrected chi connectivity index (χ3v) is 0.707. The Labute approximate surface area is 108 Å². The van der Waals surface area contributed by atoms with E-state index in [-0.39, 0.29) is 55.0 Å². The molecule has 0 radical (unpaired) electrons. The Morgan fingerprint density at radius 2 is 0.909 bits per heavy atom. The fourth-order valence-electron chi connectivity index (χ4n) is 0. The third kappa shape index (κ3) is 81.5. The quantitative estimate of drug-likeness (QED) is 0.385. The van der Waals surface area contributed by atoms with E-state index in [1.165, 1.54) is 12.8 Å². The van der Waals surface area contributed by atoms with Crippen LogP contribution in [0.1, 0.15) is 39.5 Å². The zero-order valence-corrected chi connectivity index (χ0v) is 12.8. The molecule has 0 spiro atoms. The minimum Gasteiger partial charge on any atom is -1.00 e. The molecule has 0 aliphatic carbocycles. The van der Waals surface area contributed by atoms with E-state index in [9.17, 15) is 0 Å². The molecule has 0 rings (SSSR count). The first kappa shape index (κ1) is 29.3. The van der Waals surface area contributed by atoms with Gasteiger partial charge in [-0.3, -0.25) is 0 Å². The zero-order valence-electron chi connectivity index (χ0n) is 7.31. The van der Waals surface area contributed by atoms with Gasteiger partial charge >= 0.3 is 21.1 Å². The van der Waals surface area contributed by atoms with Gasteiger partial charge in [0.1, 0.15) is 0 Å². The van der Waals surface area contributed by atoms with Crippen LogP contribution < -0.4 is 34.0 Å². The predicted molar refractivity (Wildman–Crippen MR) is 40.5 cm³/mol. The Morgan fingerprint density at radius 3 is 0.909 bits per heavy atom. The van der Waals surface area contributed by atoms with E-state index >= 15 is 0 Å². The van der Waals surface area contributed by atoms with Crippen molar-refractivity contribution in [3.8, 4) is 0 Å². The summed E-state index contributed by atoms with van der Waals surface area (Å²) in [4.78, 5) is 0. The maximum atomic E-state index is 3.60. The van der Waals surface area contributed by atoms with Crippen molar-refractivity contribution in [3.63, 3.8) is 0 Å². The molecule has 74 valence electrons. The summed E-state index contributed by atoms with van der Waals surface area (Å²) in [5.41, 5.74) is 0. The summed E-state index contributed by atoms with van der Waals surface area (Å²) < 4.78 is 0. The van der Waals surface area contributed by atoms with Gasteiger partial charge in [-0.25, -0.2) is 0 Å². The van der Waals surface area contributed by atoms with Crippen molar-refractivity contribution in [2.45, 2.75) is 39.5 Å². The SMILES string of the molecule is [Br-].[Br-].[CH2-]CCC.[CH2-]CCC.[Pt+4]. The van der Waals surface area contributed by atoms with Crippen molar-refractivity contribution in [3.05, 3.63) is 13.8 Å². The standard InChI is InChI=1S/2C4H9.2BrH.Pt/c2*1-3-4-2;;;/h2*1,3-4H2,2H3;2*1H;/q2*-1;;;+4/p-2. The van der Waals surface area contributed by atoms with Gasteiger partial charge in [-0.15, -0.1) is 0 Å². The molecular formula is C8H18Br2Pt. The van der Waals surface area contributed by atoms with E-state index < -0.39 is 0 Å². The first-order valence-electron chi connectivity index (χ1n) is 3.41. The minimum atomic E-state index is 0.